The summed E-state index contributed by atoms with van der Waals surface area (Å²) in [6.45, 7) is 1.16. The van der Waals surface area contributed by atoms with E-state index >= 15 is 0 Å². The summed E-state index contributed by atoms with van der Waals surface area (Å²) in [6, 6.07) is 11.0. The summed E-state index contributed by atoms with van der Waals surface area (Å²) in [5.74, 6) is -10.6. The molecule has 0 heterocycles. The number of rotatable bonds is 41. The van der Waals surface area contributed by atoms with E-state index in [1.165, 1.54) is 6.92 Å². The molecule has 23 nitrogen and oxygen atoms in total. The molecule has 75 heavy (non-hydrogen) atoms. The molecule has 0 aromatic heterocycles. The summed E-state index contributed by atoms with van der Waals surface area (Å²) in [7, 11) is 0. The normalized spacial score (nSPS) is 13.7. The van der Waals surface area contributed by atoms with Crippen LogP contribution in [-0.4, -0.2) is 135 Å². The van der Waals surface area contributed by atoms with Crippen LogP contribution < -0.4 is 32.3 Å². The van der Waals surface area contributed by atoms with Crippen molar-refractivity contribution < 1.29 is 82.7 Å². The SMILES string of the molecule is CCC(NC(=O)[C@H](CC(=O)O)NC(=O)[C@@H](N)CNC(=O)[C@@H](CC(=O)[C@H](Cc1ccccc1)NC(=O)CCCCCCCCC(=O)CC[C@H](NC(=O)CC[C@@H](CCC(=O)O)OC=O)C(=O)O)Cc1ccccc1)C(=O)O. The van der Waals surface area contributed by atoms with Gasteiger partial charge in [-0.25, -0.2) is 9.59 Å². The van der Waals surface area contributed by atoms with E-state index in [4.69, 9.17) is 15.6 Å². The van der Waals surface area contributed by atoms with Crippen molar-refractivity contribution >= 4 is 71.5 Å². The zero-order chi connectivity index (χ0) is 55.7. The second-order valence-corrected chi connectivity index (χ2v) is 18.2. The highest BCUT2D eigenvalue weighted by atomic mass is 16.5. The molecule has 23 heteroatoms. The predicted octanol–water partition coefficient (Wildman–Crippen LogP) is 2.14. The first-order chi connectivity index (χ1) is 35.7. The maximum absolute atomic E-state index is 14.1. The van der Waals surface area contributed by atoms with Crippen molar-refractivity contribution in [3.05, 3.63) is 71.8 Å². The Kier molecular flexibility index (Phi) is 30.1. The first kappa shape index (κ1) is 63.6. The van der Waals surface area contributed by atoms with Crippen LogP contribution >= 0.6 is 0 Å². The Balaban J connectivity index is 1.94. The molecule has 0 bridgehead atoms. The average molecular weight is 1050 g/mol. The monoisotopic (exact) mass is 1050 g/mol. The maximum atomic E-state index is 14.1. The van der Waals surface area contributed by atoms with Crippen molar-refractivity contribution in [3.8, 4) is 0 Å². The molecule has 5 amide bonds. The molecule has 0 aliphatic carbocycles. The van der Waals surface area contributed by atoms with Gasteiger partial charge in [0.05, 0.1) is 12.5 Å². The first-order valence-corrected chi connectivity index (χ1v) is 25.1. The number of carboxylic acid groups (broad SMARTS) is 4. The van der Waals surface area contributed by atoms with Crippen molar-refractivity contribution in [1.29, 1.82) is 0 Å². The van der Waals surface area contributed by atoms with E-state index in [1.54, 1.807) is 60.7 Å². The number of unbranched alkanes of at least 4 members (excludes halogenated alkanes) is 5. The molecule has 2 aromatic carbocycles. The molecule has 0 aliphatic rings. The molecule has 11 N–H and O–H groups in total. The average Bonchev–Trinajstić information content (AvgIpc) is 3.36. The Morgan fingerprint density at radius 2 is 1.08 bits per heavy atom. The summed E-state index contributed by atoms with van der Waals surface area (Å²) in [4.78, 5) is 148. The fourth-order valence-electron chi connectivity index (χ4n) is 7.83. The fourth-order valence-corrected chi connectivity index (χ4v) is 7.83. The van der Waals surface area contributed by atoms with Crippen LogP contribution in [0.15, 0.2) is 60.7 Å². The molecular formula is C52H72N6O17. The molecule has 0 spiro atoms. The van der Waals surface area contributed by atoms with E-state index in [0.29, 0.717) is 31.2 Å². The minimum atomic E-state index is -1.68. The zero-order valence-corrected chi connectivity index (χ0v) is 42.2. The molecule has 2 aromatic rings. The van der Waals surface area contributed by atoms with Gasteiger partial charge in [0.2, 0.25) is 29.5 Å². The summed E-state index contributed by atoms with van der Waals surface area (Å²) in [5, 5.41) is 49.2. The molecule has 412 valence electrons. The number of ketones is 2. The molecule has 2 rings (SSSR count). The molecule has 7 atom stereocenters. The number of carboxylic acids is 4. The molecule has 1 unspecified atom stereocenters. The van der Waals surface area contributed by atoms with Crippen molar-refractivity contribution in [2.24, 2.45) is 11.7 Å². The standard InChI is InChI=1S/C52H72N6O17/c1-2-39(51(71)72)57-50(70)42(30-47(66)67)58-49(69)38(53)31-54-48(68)35(27-33-15-9-7-10-16-33)29-43(61)41(28-34-17-11-8-12-18-34)56-44(62)20-14-6-4-3-5-13-19-36(60)21-24-40(52(73)74)55-45(63)25-22-37(75-32-59)23-26-46(64)65/h7-12,15-18,32,35,37-42H,2-6,13-14,19-31,53H2,1H3,(H,54,68)(H,55,63)(H,56,62)(H,57,70)(H,58,69)(H,64,65)(H,66,67)(H,71,72)(H,73,74)/t35-,37+,38+,39?,40+,41+,42+/m1/s1. The highest BCUT2D eigenvalue weighted by Crippen LogP contribution is 2.18. The number of hydrogen-bond donors (Lipinski definition) is 10. The van der Waals surface area contributed by atoms with Crippen LogP contribution in [0.4, 0.5) is 0 Å². The number of Topliss-reactive ketones (excluding diaryl/α,β-unsaturated/α-hetero) is 2. The molecule has 0 aliphatic heterocycles. The highest BCUT2D eigenvalue weighted by molar-refractivity contribution is 5.95. The summed E-state index contributed by atoms with van der Waals surface area (Å²) in [5.41, 5.74) is 7.52. The van der Waals surface area contributed by atoms with Crippen molar-refractivity contribution in [1.82, 2.24) is 26.6 Å². The highest BCUT2D eigenvalue weighted by Gasteiger charge is 2.32. The third kappa shape index (κ3) is 27.3. The third-order valence-corrected chi connectivity index (χ3v) is 12.1. The second-order valence-electron chi connectivity index (χ2n) is 18.2. The third-order valence-electron chi connectivity index (χ3n) is 12.1. The summed E-state index contributed by atoms with van der Waals surface area (Å²) in [6.07, 6.45) is 1.74. The lowest BCUT2D eigenvalue weighted by molar-refractivity contribution is -0.144. The van der Waals surface area contributed by atoms with Gasteiger partial charge in [-0.2, -0.15) is 0 Å². The predicted molar refractivity (Wildman–Crippen MR) is 268 cm³/mol. The minimum absolute atomic E-state index is 0.00461. The van der Waals surface area contributed by atoms with E-state index in [0.717, 1.165) is 18.4 Å². The number of aliphatic carboxylic acids is 4. The number of carbonyl (C=O) groups excluding carboxylic acids is 8. The number of hydrogen-bond acceptors (Lipinski definition) is 14. The minimum Gasteiger partial charge on any atom is -0.481 e. The second kappa shape index (κ2) is 35.6. The van der Waals surface area contributed by atoms with Crippen LogP contribution in [-0.2, 0) is 75.1 Å². The fraction of sp³-hybridized carbons (Fsp3) is 0.538. The van der Waals surface area contributed by atoms with Gasteiger partial charge in [0, 0.05) is 51.0 Å². The lowest BCUT2D eigenvalue weighted by Crippen LogP contribution is -2.56. The quantitative estimate of drug-likeness (QED) is 0.0337. The number of nitrogens with one attached hydrogen (secondary N) is 5. The van der Waals surface area contributed by atoms with Gasteiger partial charge in [0.25, 0.3) is 6.47 Å². The van der Waals surface area contributed by atoms with Crippen LogP contribution in [0.2, 0.25) is 0 Å². The molecular weight excluding hydrogens is 981 g/mol. The van der Waals surface area contributed by atoms with Gasteiger partial charge < -0.3 is 57.5 Å². The first-order valence-electron chi connectivity index (χ1n) is 25.1. The van der Waals surface area contributed by atoms with E-state index in [-0.39, 0.29) is 95.2 Å². The Labute approximate surface area is 434 Å². The van der Waals surface area contributed by atoms with Gasteiger partial charge in [-0.15, -0.1) is 0 Å². The van der Waals surface area contributed by atoms with Crippen LogP contribution in [0.5, 0.6) is 0 Å². The zero-order valence-electron chi connectivity index (χ0n) is 42.2. The van der Waals surface area contributed by atoms with Gasteiger partial charge >= 0.3 is 23.9 Å². The van der Waals surface area contributed by atoms with Gasteiger partial charge in [-0.3, -0.25) is 47.9 Å². The van der Waals surface area contributed by atoms with Crippen LogP contribution in [0, 0.1) is 5.92 Å². The van der Waals surface area contributed by atoms with Crippen LogP contribution in [0.25, 0.3) is 0 Å². The molecule has 0 saturated carbocycles. The molecule has 0 saturated heterocycles. The van der Waals surface area contributed by atoms with Crippen LogP contribution in [0.1, 0.15) is 127 Å². The largest absolute Gasteiger partial charge is 0.481 e. The van der Waals surface area contributed by atoms with E-state index in [2.05, 4.69) is 26.6 Å². The number of carbonyl (C=O) groups is 12. The number of ether oxygens (including phenoxy) is 1. The number of benzene rings is 2. The van der Waals surface area contributed by atoms with Gasteiger partial charge in [0.1, 0.15) is 36.1 Å². The van der Waals surface area contributed by atoms with E-state index in [9.17, 15) is 72.9 Å². The molecule has 0 radical (unpaired) electrons. The van der Waals surface area contributed by atoms with Gasteiger partial charge in [-0.05, 0) is 62.5 Å². The topological polar surface area (TPSA) is 381 Å². The van der Waals surface area contributed by atoms with Crippen molar-refractivity contribution in [3.63, 3.8) is 0 Å². The Morgan fingerprint density at radius 3 is 1.64 bits per heavy atom. The summed E-state index contributed by atoms with van der Waals surface area (Å²) >= 11 is 0. The maximum Gasteiger partial charge on any atom is 0.326 e. The Bertz CT molecular complexity index is 2210. The van der Waals surface area contributed by atoms with Crippen molar-refractivity contribution in [2.75, 3.05) is 6.54 Å². The van der Waals surface area contributed by atoms with E-state index in [1.807, 2.05) is 0 Å². The van der Waals surface area contributed by atoms with Crippen molar-refractivity contribution in [2.45, 2.75) is 165 Å². The molecule has 0 fully saturated rings. The lowest BCUT2D eigenvalue weighted by Gasteiger charge is -2.23. The Hall–Kier alpha value is -7.56. The van der Waals surface area contributed by atoms with E-state index < -0.39 is 108 Å². The number of amides is 5. The summed E-state index contributed by atoms with van der Waals surface area (Å²) < 4.78 is 4.81. The lowest BCUT2D eigenvalue weighted by atomic mass is 9.89. The smallest absolute Gasteiger partial charge is 0.326 e. The number of nitrogens with two attached hydrogens (primary N) is 1. The Morgan fingerprint density at radius 1 is 0.547 bits per heavy atom. The van der Waals surface area contributed by atoms with Crippen LogP contribution in [0.3, 0.4) is 0 Å². The van der Waals surface area contributed by atoms with Gasteiger partial charge in [0.15, 0.2) is 5.78 Å². The van der Waals surface area contributed by atoms with Gasteiger partial charge in [-0.1, -0.05) is 93.3 Å².